The van der Waals surface area contributed by atoms with E-state index in [2.05, 4.69) is 31.2 Å². The first kappa shape index (κ1) is 14.5. The first-order valence-corrected chi connectivity index (χ1v) is 6.79. The second-order valence-corrected chi connectivity index (χ2v) is 5.17. The molecule has 1 aliphatic rings. The van der Waals surface area contributed by atoms with Gasteiger partial charge in [0.05, 0.1) is 5.92 Å². The number of amides is 1. The van der Waals surface area contributed by atoms with Crippen molar-refractivity contribution in [2.75, 3.05) is 46.8 Å². The highest BCUT2D eigenvalue weighted by Crippen LogP contribution is 2.13. The molecule has 0 bridgehead atoms. The molecule has 1 aliphatic heterocycles. The Balaban J connectivity index is 2.46. The highest BCUT2D eigenvalue weighted by Gasteiger charge is 2.25. The molecule has 1 saturated heterocycles. The Morgan fingerprint density at radius 3 is 2.59 bits per heavy atom. The number of piperidine rings is 1. The summed E-state index contributed by atoms with van der Waals surface area (Å²) in [5.74, 6) is 0.554. The lowest BCUT2D eigenvalue weighted by molar-refractivity contribution is -0.136. The van der Waals surface area contributed by atoms with Crippen LogP contribution in [0.3, 0.4) is 0 Å². The van der Waals surface area contributed by atoms with Gasteiger partial charge >= 0.3 is 0 Å². The first-order chi connectivity index (χ1) is 8.15. The van der Waals surface area contributed by atoms with Crippen molar-refractivity contribution in [3.05, 3.63) is 0 Å². The molecule has 1 fully saturated rings. The van der Waals surface area contributed by atoms with Crippen molar-refractivity contribution in [2.24, 2.45) is 5.92 Å². The van der Waals surface area contributed by atoms with Crippen molar-refractivity contribution >= 4 is 5.91 Å². The van der Waals surface area contributed by atoms with Crippen molar-refractivity contribution in [3.63, 3.8) is 0 Å². The normalized spacial score (nSPS) is 20.6. The van der Waals surface area contributed by atoms with E-state index >= 15 is 0 Å². The zero-order chi connectivity index (χ0) is 12.7. The Hall–Kier alpha value is -0.610. The molecule has 17 heavy (non-hydrogen) atoms. The summed E-state index contributed by atoms with van der Waals surface area (Å²) in [7, 11) is 4.10. The van der Waals surface area contributed by atoms with Crippen LogP contribution in [0, 0.1) is 5.92 Å². The average Bonchev–Trinajstić information content (AvgIpc) is 2.34. The van der Waals surface area contributed by atoms with Crippen molar-refractivity contribution in [1.29, 1.82) is 0 Å². The van der Waals surface area contributed by atoms with Gasteiger partial charge in [-0.1, -0.05) is 6.92 Å². The maximum Gasteiger partial charge on any atom is 0.227 e. The summed E-state index contributed by atoms with van der Waals surface area (Å²) in [6, 6.07) is 0. The smallest absolute Gasteiger partial charge is 0.227 e. The fourth-order valence-corrected chi connectivity index (χ4v) is 2.24. The standard InChI is InChI=1S/C13H27N3O/c1-4-8-16(10-9-15(2)3)13(17)12-6-5-7-14-11-12/h12,14H,4-11H2,1-3H3/t12-/m1/s1. The topological polar surface area (TPSA) is 35.6 Å². The highest BCUT2D eigenvalue weighted by molar-refractivity contribution is 5.79. The van der Waals surface area contributed by atoms with Gasteiger partial charge in [0.1, 0.15) is 0 Å². The van der Waals surface area contributed by atoms with E-state index in [9.17, 15) is 4.79 Å². The second kappa shape index (κ2) is 7.67. The molecule has 0 unspecified atom stereocenters. The summed E-state index contributed by atoms with van der Waals surface area (Å²) in [4.78, 5) is 16.5. The van der Waals surface area contributed by atoms with Crippen LogP contribution in [0.15, 0.2) is 0 Å². The Morgan fingerprint density at radius 1 is 1.29 bits per heavy atom. The zero-order valence-corrected chi connectivity index (χ0v) is 11.5. The molecule has 0 aromatic rings. The van der Waals surface area contributed by atoms with Crippen LogP contribution in [-0.2, 0) is 4.79 Å². The van der Waals surface area contributed by atoms with Crippen molar-refractivity contribution in [3.8, 4) is 0 Å². The molecule has 1 amide bonds. The van der Waals surface area contributed by atoms with Crippen LogP contribution in [0.4, 0.5) is 0 Å². The van der Waals surface area contributed by atoms with Crippen LogP contribution in [-0.4, -0.2) is 62.5 Å². The number of rotatable bonds is 6. The van der Waals surface area contributed by atoms with E-state index in [1.165, 1.54) is 0 Å². The molecule has 4 heteroatoms. The summed E-state index contributed by atoms with van der Waals surface area (Å²) in [5, 5.41) is 3.32. The van der Waals surface area contributed by atoms with E-state index < -0.39 is 0 Å². The Kier molecular flexibility index (Phi) is 6.52. The molecule has 0 aliphatic carbocycles. The van der Waals surface area contributed by atoms with Gasteiger partial charge in [0, 0.05) is 26.2 Å². The number of hydrogen-bond acceptors (Lipinski definition) is 3. The molecule has 100 valence electrons. The van der Waals surface area contributed by atoms with Gasteiger partial charge < -0.3 is 15.1 Å². The van der Waals surface area contributed by atoms with Gasteiger partial charge in [0.25, 0.3) is 0 Å². The number of likely N-dealkylation sites (N-methyl/N-ethyl adjacent to an activating group) is 1. The molecule has 0 aromatic heterocycles. The zero-order valence-electron chi connectivity index (χ0n) is 11.5. The number of carbonyl (C=O) groups excluding carboxylic acids is 1. The molecule has 0 saturated carbocycles. The van der Waals surface area contributed by atoms with Crippen molar-refractivity contribution in [1.82, 2.24) is 15.1 Å². The van der Waals surface area contributed by atoms with Crippen molar-refractivity contribution < 1.29 is 4.79 Å². The van der Waals surface area contributed by atoms with E-state index in [0.717, 1.165) is 52.0 Å². The maximum absolute atomic E-state index is 12.4. The van der Waals surface area contributed by atoms with Gasteiger partial charge in [-0.25, -0.2) is 0 Å². The quantitative estimate of drug-likeness (QED) is 0.747. The molecular formula is C13H27N3O. The van der Waals surface area contributed by atoms with Gasteiger partial charge in [-0.05, 0) is 39.9 Å². The Morgan fingerprint density at radius 2 is 2.06 bits per heavy atom. The Labute approximate surface area is 105 Å². The lowest BCUT2D eigenvalue weighted by atomic mass is 9.98. The maximum atomic E-state index is 12.4. The van der Waals surface area contributed by atoms with E-state index in [4.69, 9.17) is 0 Å². The van der Waals surface area contributed by atoms with Gasteiger partial charge in [0.15, 0.2) is 0 Å². The van der Waals surface area contributed by atoms with E-state index in [1.54, 1.807) is 0 Å². The number of carbonyl (C=O) groups is 1. The number of hydrogen-bond donors (Lipinski definition) is 1. The predicted octanol–water partition coefficient (Wildman–Crippen LogP) is 0.786. The SMILES string of the molecule is CCCN(CCN(C)C)C(=O)[C@@H]1CCCNC1. The molecule has 4 nitrogen and oxygen atoms in total. The fraction of sp³-hybridized carbons (Fsp3) is 0.923. The van der Waals surface area contributed by atoms with E-state index in [1.807, 2.05) is 4.90 Å². The molecule has 1 heterocycles. The van der Waals surface area contributed by atoms with Crippen molar-refractivity contribution in [2.45, 2.75) is 26.2 Å². The molecular weight excluding hydrogens is 214 g/mol. The lowest BCUT2D eigenvalue weighted by Gasteiger charge is -2.30. The molecule has 1 atom stereocenters. The van der Waals surface area contributed by atoms with Gasteiger partial charge in [-0.3, -0.25) is 4.79 Å². The van der Waals surface area contributed by atoms with Crippen LogP contribution < -0.4 is 5.32 Å². The highest BCUT2D eigenvalue weighted by atomic mass is 16.2. The van der Waals surface area contributed by atoms with Crippen LogP contribution in [0.1, 0.15) is 26.2 Å². The monoisotopic (exact) mass is 241 g/mol. The molecule has 0 aromatic carbocycles. The summed E-state index contributed by atoms with van der Waals surface area (Å²) in [6.07, 6.45) is 3.22. The third kappa shape index (κ3) is 5.04. The van der Waals surface area contributed by atoms with Crippen LogP contribution in [0.2, 0.25) is 0 Å². The second-order valence-electron chi connectivity index (χ2n) is 5.17. The molecule has 0 spiro atoms. The first-order valence-electron chi connectivity index (χ1n) is 6.79. The third-order valence-electron chi connectivity index (χ3n) is 3.27. The third-order valence-corrected chi connectivity index (χ3v) is 3.27. The van der Waals surface area contributed by atoms with Gasteiger partial charge in [0.2, 0.25) is 5.91 Å². The van der Waals surface area contributed by atoms with Crippen LogP contribution in [0.25, 0.3) is 0 Å². The molecule has 1 N–H and O–H groups in total. The lowest BCUT2D eigenvalue weighted by Crippen LogP contribution is -2.45. The minimum atomic E-state index is 0.206. The minimum absolute atomic E-state index is 0.206. The summed E-state index contributed by atoms with van der Waals surface area (Å²) < 4.78 is 0. The number of nitrogens with zero attached hydrogens (tertiary/aromatic N) is 2. The largest absolute Gasteiger partial charge is 0.341 e. The predicted molar refractivity (Wildman–Crippen MR) is 71.0 cm³/mol. The Bertz CT molecular complexity index is 225. The number of nitrogens with one attached hydrogen (secondary N) is 1. The molecule has 1 rings (SSSR count). The minimum Gasteiger partial charge on any atom is -0.341 e. The summed E-state index contributed by atoms with van der Waals surface area (Å²) in [6.45, 7) is 6.76. The average molecular weight is 241 g/mol. The molecule has 0 radical (unpaired) electrons. The van der Waals surface area contributed by atoms with Crippen LogP contribution >= 0.6 is 0 Å². The van der Waals surface area contributed by atoms with E-state index in [0.29, 0.717) is 5.91 Å². The summed E-state index contributed by atoms with van der Waals surface area (Å²) >= 11 is 0. The van der Waals surface area contributed by atoms with Crippen LogP contribution in [0.5, 0.6) is 0 Å². The van der Waals surface area contributed by atoms with Gasteiger partial charge in [-0.15, -0.1) is 0 Å². The fourth-order valence-electron chi connectivity index (χ4n) is 2.24. The van der Waals surface area contributed by atoms with Gasteiger partial charge in [-0.2, -0.15) is 0 Å². The van der Waals surface area contributed by atoms with E-state index in [-0.39, 0.29) is 5.92 Å². The summed E-state index contributed by atoms with van der Waals surface area (Å²) in [5.41, 5.74) is 0.